The normalized spacial score (nSPS) is 10.3. The van der Waals surface area contributed by atoms with Crippen LogP contribution in [0, 0.1) is 0 Å². The van der Waals surface area contributed by atoms with Crippen molar-refractivity contribution >= 4 is 39.9 Å². The van der Waals surface area contributed by atoms with Crippen LogP contribution in [0.5, 0.6) is 0 Å². The number of carbonyl (C=O) groups is 1. The van der Waals surface area contributed by atoms with Crippen molar-refractivity contribution in [2.24, 2.45) is 0 Å². The molecule has 0 radical (unpaired) electrons. The number of hydrogen-bond donors (Lipinski definition) is 1. The van der Waals surface area contributed by atoms with Gasteiger partial charge in [0.25, 0.3) is 0 Å². The summed E-state index contributed by atoms with van der Waals surface area (Å²) < 4.78 is 5.48. The highest BCUT2D eigenvalue weighted by atomic mass is 32.2. The van der Waals surface area contributed by atoms with Crippen LogP contribution in [0.4, 0.5) is 10.8 Å². The predicted molar refractivity (Wildman–Crippen MR) is 80.6 cm³/mol. The zero-order valence-electron chi connectivity index (χ0n) is 11.3. The molecule has 0 aliphatic carbocycles. The van der Waals surface area contributed by atoms with E-state index in [0.717, 1.165) is 9.47 Å². The van der Waals surface area contributed by atoms with Gasteiger partial charge in [-0.15, -0.1) is 10.2 Å². The van der Waals surface area contributed by atoms with Gasteiger partial charge in [0.2, 0.25) is 5.13 Å². The maximum Gasteiger partial charge on any atom is 0.339 e. The summed E-state index contributed by atoms with van der Waals surface area (Å²) >= 11 is 2.75. The van der Waals surface area contributed by atoms with E-state index in [9.17, 15) is 4.79 Å². The second-order valence-corrected chi connectivity index (χ2v) is 6.28. The van der Waals surface area contributed by atoms with Crippen LogP contribution in [0.25, 0.3) is 0 Å². The summed E-state index contributed by atoms with van der Waals surface area (Å²) in [4.78, 5) is 14.3. The number of nitrogens with two attached hydrogens (primary N) is 1. The smallest absolute Gasteiger partial charge is 0.339 e. The third-order valence-corrected chi connectivity index (χ3v) is 4.72. The molecule has 2 rings (SSSR count). The quantitative estimate of drug-likeness (QED) is 0.684. The molecule has 0 atom stereocenters. The van der Waals surface area contributed by atoms with Crippen molar-refractivity contribution in [1.29, 1.82) is 0 Å². The van der Waals surface area contributed by atoms with E-state index in [1.165, 1.54) is 30.2 Å². The number of anilines is 2. The highest BCUT2D eigenvalue weighted by Gasteiger charge is 2.17. The summed E-state index contributed by atoms with van der Waals surface area (Å²) in [5.41, 5.74) is 6.89. The first-order chi connectivity index (χ1) is 9.52. The molecule has 0 saturated carbocycles. The lowest BCUT2D eigenvalue weighted by atomic mass is 10.2. The molecule has 0 unspecified atom stereocenters. The summed E-state index contributed by atoms with van der Waals surface area (Å²) in [5.74, 6) is -0.419. The monoisotopic (exact) mass is 310 g/mol. The van der Waals surface area contributed by atoms with E-state index in [-0.39, 0.29) is 0 Å². The van der Waals surface area contributed by atoms with Crippen molar-refractivity contribution in [3.63, 3.8) is 0 Å². The SMILES string of the molecule is COC(=O)c1cccc(N)c1Sc1nnc(N(C)C)s1. The van der Waals surface area contributed by atoms with E-state index < -0.39 is 5.97 Å². The van der Waals surface area contributed by atoms with Crippen LogP contribution < -0.4 is 10.6 Å². The summed E-state index contributed by atoms with van der Waals surface area (Å²) in [6.07, 6.45) is 0. The number of benzene rings is 1. The topological polar surface area (TPSA) is 81.3 Å². The fraction of sp³-hybridized carbons (Fsp3) is 0.250. The van der Waals surface area contributed by atoms with Gasteiger partial charge in [0, 0.05) is 19.8 Å². The summed E-state index contributed by atoms with van der Waals surface area (Å²) in [6, 6.07) is 5.14. The summed E-state index contributed by atoms with van der Waals surface area (Å²) in [7, 11) is 5.13. The zero-order chi connectivity index (χ0) is 14.7. The van der Waals surface area contributed by atoms with Crippen LogP contribution in [0.15, 0.2) is 27.4 Å². The number of aromatic nitrogens is 2. The number of rotatable bonds is 4. The van der Waals surface area contributed by atoms with Crippen LogP contribution in [-0.4, -0.2) is 37.4 Å². The van der Waals surface area contributed by atoms with E-state index in [2.05, 4.69) is 10.2 Å². The van der Waals surface area contributed by atoms with E-state index in [4.69, 9.17) is 10.5 Å². The van der Waals surface area contributed by atoms with Crippen LogP contribution in [-0.2, 0) is 4.74 Å². The van der Waals surface area contributed by atoms with Gasteiger partial charge in [-0.2, -0.15) is 0 Å². The van der Waals surface area contributed by atoms with Gasteiger partial charge in [0.05, 0.1) is 17.6 Å². The molecule has 0 bridgehead atoms. The van der Waals surface area contributed by atoms with Crippen LogP contribution >= 0.6 is 23.1 Å². The Morgan fingerprint density at radius 2 is 2.15 bits per heavy atom. The molecule has 1 heterocycles. The average molecular weight is 310 g/mol. The van der Waals surface area contributed by atoms with Crippen LogP contribution in [0.3, 0.4) is 0 Å². The molecule has 6 nitrogen and oxygen atoms in total. The van der Waals surface area contributed by atoms with Crippen LogP contribution in [0.2, 0.25) is 0 Å². The van der Waals surface area contributed by atoms with Gasteiger partial charge < -0.3 is 15.4 Å². The third-order valence-electron chi connectivity index (χ3n) is 2.42. The van der Waals surface area contributed by atoms with E-state index in [1.54, 1.807) is 18.2 Å². The average Bonchev–Trinajstić information content (AvgIpc) is 2.89. The first kappa shape index (κ1) is 14.6. The molecule has 0 fully saturated rings. The minimum absolute atomic E-state index is 0.419. The van der Waals surface area contributed by atoms with Crippen molar-refractivity contribution in [2.45, 2.75) is 9.24 Å². The Balaban J connectivity index is 2.34. The fourth-order valence-electron chi connectivity index (χ4n) is 1.45. The van der Waals surface area contributed by atoms with Crippen molar-refractivity contribution in [3.8, 4) is 0 Å². The number of methoxy groups -OCH3 is 1. The molecule has 106 valence electrons. The zero-order valence-corrected chi connectivity index (χ0v) is 12.9. The lowest BCUT2D eigenvalue weighted by Crippen LogP contribution is -2.07. The highest BCUT2D eigenvalue weighted by molar-refractivity contribution is 8.01. The number of hydrogen-bond acceptors (Lipinski definition) is 8. The summed E-state index contributed by atoms with van der Waals surface area (Å²) in [6.45, 7) is 0. The largest absolute Gasteiger partial charge is 0.465 e. The molecule has 20 heavy (non-hydrogen) atoms. The second kappa shape index (κ2) is 6.10. The van der Waals surface area contributed by atoms with Crippen molar-refractivity contribution < 1.29 is 9.53 Å². The molecule has 0 amide bonds. The van der Waals surface area contributed by atoms with Gasteiger partial charge in [-0.1, -0.05) is 29.2 Å². The molecule has 1 aromatic carbocycles. The molecule has 8 heteroatoms. The first-order valence-corrected chi connectivity index (χ1v) is 7.31. The number of esters is 1. The Morgan fingerprint density at radius 1 is 1.40 bits per heavy atom. The lowest BCUT2D eigenvalue weighted by Gasteiger charge is -2.08. The van der Waals surface area contributed by atoms with Crippen LogP contribution in [0.1, 0.15) is 10.4 Å². The molecule has 0 spiro atoms. The minimum Gasteiger partial charge on any atom is -0.465 e. The Labute approximate surface area is 124 Å². The Morgan fingerprint density at radius 3 is 2.75 bits per heavy atom. The van der Waals surface area contributed by atoms with E-state index in [1.807, 2.05) is 19.0 Å². The maximum absolute atomic E-state index is 11.8. The molecular formula is C12H14N4O2S2. The van der Waals surface area contributed by atoms with Gasteiger partial charge in [0.15, 0.2) is 4.34 Å². The molecule has 0 aliphatic heterocycles. The Hall–Kier alpha value is -1.80. The van der Waals surface area contributed by atoms with E-state index >= 15 is 0 Å². The van der Waals surface area contributed by atoms with Gasteiger partial charge in [-0.05, 0) is 12.1 Å². The predicted octanol–water partition coefficient (Wildman–Crippen LogP) is 2.12. The molecule has 0 saturated heterocycles. The molecule has 2 N–H and O–H groups in total. The van der Waals surface area contributed by atoms with Crippen molar-refractivity contribution in [1.82, 2.24) is 10.2 Å². The third kappa shape index (κ3) is 3.02. The van der Waals surface area contributed by atoms with Crippen molar-refractivity contribution in [3.05, 3.63) is 23.8 Å². The molecule has 1 aromatic heterocycles. The van der Waals surface area contributed by atoms with Gasteiger partial charge in [-0.25, -0.2) is 4.79 Å². The minimum atomic E-state index is -0.419. The Kier molecular flexibility index (Phi) is 4.46. The number of nitrogen functional groups attached to an aromatic ring is 1. The van der Waals surface area contributed by atoms with E-state index in [0.29, 0.717) is 16.1 Å². The summed E-state index contributed by atoms with van der Waals surface area (Å²) in [5, 5.41) is 8.93. The molecular weight excluding hydrogens is 296 g/mol. The number of nitrogens with zero attached hydrogens (tertiary/aromatic N) is 3. The molecule has 0 aliphatic rings. The van der Waals surface area contributed by atoms with Gasteiger partial charge in [0.1, 0.15) is 0 Å². The standard InChI is InChI=1S/C12H14N4O2S2/c1-16(2)11-14-15-12(20-11)19-9-7(10(17)18-3)5-4-6-8(9)13/h4-6H,13H2,1-3H3. The molecule has 2 aromatic rings. The van der Waals surface area contributed by atoms with Gasteiger partial charge >= 0.3 is 5.97 Å². The number of carbonyl (C=O) groups excluding carboxylic acids is 1. The fourth-order valence-corrected chi connectivity index (χ4v) is 3.30. The highest BCUT2D eigenvalue weighted by Crippen LogP contribution is 2.38. The second-order valence-electron chi connectivity index (χ2n) is 4.06. The van der Waals surface area contributed by atoms with Gasteiger partial charge in [-0.3, -0.25) is 0 Å². The first-order valence-electron chi connectivity index (χ1n) is 5.68. The number of ether oxygens (including phenoxy) is 1. The lowest BCUT2D eigenvalue weighted by molar-refractivity contribution is 0.0597. The van der Waals surface area contributed by atoms with Crippen molar-refractivity contribution in [2.75, 3.05) is 31.8 Å². The maximum atomic E-state index is 11.8. The Bertz CT molecular complexity index is 628.